The molecule has 7 rings (SSSR count). The number of hydrogen-bond donors (Lipinski definition) is 0. The maximum Gasteiger partial charge on any atom is 0.293 e. The molecule has 0 spiro atoms. The predicted octanol–water partition coefficient (Wildman–Crippen LogP) is 6.54. The molecule has 0 N–H and O–H groups in total. The number of nitrogens with zero attached hydrogens (tertiary/aromatic N) is 1. The SMILES string of the molecule is COc1ccc(C23CC4CC(CC(C4)C2)C3)cc1/C=C1/SC(=O)N(Cc2ccc(F)cc2)C1=O. The first kappa shape index (κ1) is 21.9. The van der Waals surface area contributed by atoms with Crippen LogP contribution in [0.3, 0.4) is 0 Å². The zero-order valence-electron chi connectivity index (χ0n) is 19.3. The Labute approximate surface area is 203 Å². The van der Waals surface area contributed by atoms with Crippen LogP contribution in [-0.4, -0.2) is 23.2 Å². The molecule has 176 valence electrons. The minimum Gasteiger partial charge on any atom is -0.496 e. The Balaban J connectivity index is 1.30. The molecule has 1 saturated heterocycles. The fourth-order valence-electron chi connectivity index (χ4n) is 7.19. The Morgan fingerprint density at radius 1 is 1.03 bits per heavy atom. The van der Waals surface area contributed by atoms with E-state index in [1.165, 1.54) is 61.1 Å². The second kappa shape index (κ2) is 8.26. The molecule has 4 aliphatic carbocycles. The summed E-state index contributed by atoms with van der Waals surface area (Å²) in [6.45, 7) is 0.132. The predicted molar refractivity (Wildman–Crippen MR) is 131 cm³/mol. The van der Waals surface area contributed by atoms with Gasteiger partial charge in [-0.25, -0.2) is 4.39 Å². The van der Waals surface area contributed by atoms with Crippen LogP contribution in [-0.2, 0) is 16.8 Å². The number of rotatable bonds is 5. The molecule has 5 fully saturated rings. The molecule has 34 heavy (non-hydrogen) atoms. The quantitative estimate of drug-likeness (QED) is 0.459. The average molecular weight is 478 g/mol. The van der Waals surface area contributed by atoms with Gasteiger partial charge in [0.05, 0.1) is 18.6 Å². The van der Waals surface area contributed by atoms with E-state index in [0.717, 1.165) is 35.1 Å². The second-order valence-corrected chi connectivity index (χ2v) is 11.5. The summed E-state index contributed by atoms with van der Waals surface area (Å²) in [6, 6.07) is 12.3. The highest BCUT2D eigenvalue weighted by molar-refractivity contribution is 8.18. The number of carbonyl (C=O) groups excluding carboxylic acids is 2. The zero-order valence-corrected chi connectivity index (χ0v) is 20.1. The van der Waals surface area contributed by atoms with Crippen LogP contribution >= 0.6 is 11.8 Å². The molecule has 2 aromatic rings. The van der Waals surface area contributed by atoms with E-state index in [2.05, 4.69) is 12.1 Å². The molecule has 0 atom stereocenters. The van der Waals surface area contributed by atoms with Gasteiger partial charge in [0.1, 0.15) is 11.6 Å². The number of amides is 2. The molecule has 0 aromatic heterocycles. The van der Waals surface area contributed by atoms with Crippen LogP contribution in [0.4, 0.5) is 9.18 Å². The summed E-state index contributed by atoms with van der Waals surface area (Å²) in [6.07, 6.45) is 9.77. The normalized spacial score (nSPS) is 31.1. The van der Waals surface area contributed by atoms with Crippen molar-refractivity contribution < 1.29 is 18.7 Å². The van der Waals surface area contributed by atoms with Gasteiger partial charge in [-0.15, -0.1) is 0 Å². The van der Waals surface area contributed by atoms with Gasteiger partial charge in [0.2, 0.25) is 0 Å². The van der Waals surface area contributed by atoms with E-state index >= 15 is 0 Å². The van der Waals surface area contributed by atoms with E-state index in [4.69, 9.17) is 4.74 Å². The van der Waals surface area contributed by atoms with Crippen molar-refractivity contribution in [1.29, 1.82) is 0 Å². The van der Waals surface area contributed by atoms with Gasteiger partial charge in [0, 0.05) is 5.56 Å². The third-order valence-electron chi connectivity index (χ3n) is 8.29. The molecule has 0 unspecified atom stereocenters. The Bertz CT molecular complexity index is 1150. The van der Waals surface area contributed by atoms with E-state index in [1.807, 2.05) is 6.07 Å². The fraction of sp³-hybridized carbons (Fsp3) is 0.429. The van der Waals surface area contributed by atoms with Crippen molar-refractivity contribution in [3.8, 4) is 5.75 Å². The lowest BCUT2D eigenvalue weighted by Crippen LogP contribution is -2.48. The Morgan fingerprint density at radius 3 is 2.29 bits per heavy atom. The largest absolute Gasteiger partial charge is 0.496 e. The fourth-order valence-corrected chi connectivity index (χ4v) is 8.02. The molecule has 2 aromatic carbocycles. The van der Waals surface area contributed by atoms with Crippen LogP contribution in [0.2, 0.25) is 0 Å². The van der Waals surface area contributed by atoms with Crippen LogP contribution in [0.1, 0.15) is 55.2 Å². The molecule has 1 aliphatic heterocycles. The Kier molecular flexibility index (Phi) is 5.32. The number of imide groups is 1. The monoisotopic (exact) mass is 477 g/mol. The molecule has 6 heteroatoms. The Hall–Kier alpha value is -2.60. The van der Waals surface area contributed by atoms with Crippen LogP contribution < -0.4 is 4.74 Å². The summed E-state index contributed by atoms with van der Waals surface area (Å²) in [5.74, 6) is 2.59. The van der Waals surface area contributed by atoms with Crippen molar-refractivity contribution in [2.24, 2.45) is 17.8 Å². The van der Waals surface area contributed by atoms with Crippen molar-refractivity contribution in [3.63, 3.8) is 0 Å². The molecule has 4 saturated carbocycles. The number of hydrogen-bond acceptors (Lipinski definition) is 4. The van der Waals surface area contributed by atoms with Crippen molar-refractivity contribution in [3.05, 3.63) is 69.9 Å². The van der Waals surface area contributed by atoms with Crippen LogP contribution in [0.15, 0.2) is 47.4 Å². The molecule has 5 aliphatic rings. The molecule has 4 bridgehead atoms. The lowest BCUT2D eigenvalue weighted by atomic mass is 9.48. The van der Waals surface area contributed by atoms with Gasteiger partial charge in [0.25, 0.3) is 11.1 Å². The van der Waals surface area contributed by atoms with E-state index in [0.29, 0.717) is 16.2 Å². The molecule has 0 radical (unpaired) electrons. The minimum atomic E-state index is -0.344. The molecule has 1 heterocycles. The van der Waals surface area contributed by atoms with Crippen molar-refractivity contribution in [2.75, 3.05) is 7.11 Å². The maximum atomic E-state index is 13.2. The number of benzene rings is 2. The Morgan fingerprint density at radius 2 is 1.68 bits per heavy atom. The summed E-state index contributed by atoms with van der Waals surface area (Å²) >= 11 is 0.952. The van der Waals surface area contributed by atoms with Gasteiger partial charge in [0.15, 0.2) is 0 Å². The number of thioether (sulfide) groups is 1. The van der Waals surface area contributed by atoms with Crippen molar-refractivity contribution in [1.82, 2.24) is 4.90 Å². The summed E-state index contributed by atoms with van der Waals surface area (Å²) < 4.78 is 18.9. The van der Waals surface area contributed by atoms with Gasteiger partial charge in [-0.3, -0.25) is 14.5 Å². The van der Waals surface area contributed by atoms with Crippen LogP contribution in [0.5, 0.6) is 5.75 Å². The first-order chi connectivity index (χ1) is 16.4. The standard InChI is InChI=1S/C28H28FNO3S/c1-33-24-7-4-22(28-13-18-8-19(14-28)10-20(9-18)15-28)11-21(24)12-25-26(31)30(27(32)34-25)16-17-2-5-23(29)6-3-17/h2-7,11-12,18-20H,8-10,13-16H2,1H3/b25-12+. The lowest BCUT2D eigenvalue weighted by molar-refractivity contribution is -0.123. The van der Waals surface area contributed by atoms with Crippen LogP contribution in [0, 0.1) is 23.6 Å². The van der Waals surface area contributed by atoms with E-state index in [-0.39, 0.29) is 28.9 Å². The smallest absolute Gasteiger partial charge is 0.293 e. The third-order valence-corrected chi connectivity index (χ3v) is 9.20. The molecule has 2 amide bonds. The lowest BCUT2D eigenvalue weighted by Gasteiger charge is -2.57. The highest BCUT2D eigenvalue weighted by Gasteiger charge is 2.51. The number of halogens is 1. The first-order valence-electron chi connectivity index (χ1n) is 12.1. The van der Waals surface area contributed by atoms with Crippen molar-refractivity contribution >= 4 is 29.0 Å². The highest BCUT2D eigenvalue weighted by atomic mass is 32.2. The van der Waals surface area contributed by atoms with E-state index in [1.54, 1.807) is 25.3 Å². The molecular formula is C28H28FNO3S. The number of methoxy groups -OCH3 is 1. The average Bonchev–Trinajstić information content (AvgIpc) is 3.07. The first-order valence-corrected chi connectivity index (χ1v) is 12.9. The van der Waals surface area contributed by atoms with Gasteiger partial charge in [-0.1, -0.05) is 18.2 Å². The summed E-state index contributed by atoms with van der Waals surface area (Å²) in [7, 11) is 1.64. The van der Waals surface area contributed by atoms with E-state index in [9.17, 15) is 14.0 Å². The van der Waals surface area contributed by atoms with Gasteiger partial charge < -0.3 is 4.74 Å². The second-order valence-electron chi connectivity index (χ2n) is 10.5. The maximum absolute atomic E-state index is 13.2. The molecule has 4 nitrogen and oxygen atoms in total. The van der Waals surface area contributed by atoms with Gasteiger partial charge in [-0.2, -0.15) is 0 Å². The summed E-state index contributed by atoms with van der Waals surface area (Å²) in [5, 5.41) is -0.309. The van der Waals surface area contributed by atoms with Gasteiger partial charge in [-0.05, 0) is 115 Å². The summed E-state index contributed by atoms with van der Waals surface area (Å²) in [5.41, 5.74) is 3.16. The summed E-state index contributed by atoms with van der Waals surface area (Å²) in [4.78, 5) is 27.3. The number of carbonyl (C=O) groups is 2. The van der Waals surface area contributed by atoms with Crippen LogP contribution in [0.25, 0.3) is 6.08 Å². The minimum absolute atomic E-state index is 0.132. The highest BCUT2D eigenvalue weighted by Crippen LogP contribution is 2.61. The topological polar surface area (TPSA) is 46.6 Å². The number of ether oxygens (including phenoxy) is 1. The van der Waals surface area contributed by atoms with E-state index < -0.39 is 0 Å². The van der Waals surface area contributed by atoms with Crippen molar-refractivity contribution in [2.45, 2.75) is 50.5 Å². The zero-order chi connectivity index (χ0) is 23.4. The third kappa shape index (κ3) is 3.76. The van der Waals surface area contributed by atoms with Gasteiger partial charge >= 0.3 is 0 Å². The molecular weight excluding hydrogens is 449 g/mol.